The van der Waals surface area contributed by atoms with Crippen molar-refractivity contribution in [3.8, 4) is 17.6 Å². The van der Waals surface area contributed by atoms with Gasteiger partial charge in [0.15, 0.2) is 0 Å². The van der Waals surface area contributed by atoms with E-state index in [9.17, 15) is 14.9 Å². The molecule has 1 aliphatic heterocycles. The van der Waals surface area contributed by atoms with Gasteiger partial charge in [-0.15, -0.1) is 0 Å². The molecule has 0 radical (unpaired) electrons. The molecule has 0 unspecified atom stereocenters. The van der Waals surface area contributed by atoms with Crippen molar-refractivity contribution in [1.29, 1.82) is 5.26 Å². The van der Waals surface area contributed by atoms with Crippen LogP contribution in [-0.2, 0) is 9.59 Å². The minimum Gasteiger partial charge on any atom is -0.497 e. The van der Waals surface area contributed by atoms with Gasteiger partial charge in [0.25, 0.3) is 5.91 Å². The number of nitrogens with zero attached hydrogens (tertiary/aromatic N) is 1. The van der Waals surface area contributed by atoms with Crippen molar-refractivity contribution < 1.29 is 23.5 Å². The molecular formula is C29H28N4O5S. The Morgan fingerprint density at radius 3 is 2.31 bits per heavy atom. The maximum atomic E-state index is 13.4. The Morgan fingerprint density at radius 1 is 1.05 bits per heavy atom. The van der Waals surface area contributed by atoms with Crippen LogP contribution in [0.2, 0.25) is 0 Å². The predicted octanol–water partition coefficient (Wildman–Crippen LogP) is 5.39. The topological polar surface area (TPSA) is 126 Å². The number of methoxy groups -OCH3 is 1. The van der Waals surface area contributed by atoms with E-state index < -0.39 is 5.92 Å². The highest BCUT2D eigenvalue weighted by Gasteiger charge is 2.36. The largest absolute Gasteiger partial charge is 0.497 e. The average Bonchev–Trinajstić information content (AvgIpc) is 3.48. The number of thioether (sulfide) groups is 1. The average molecular weight is 545 g/mol. The van der Waals surface area contributed by atoms with E-state index in [0.717, 1.165) is 5.75 Å². The number of allylic oxidation sites excluding steroid dienone is 2. The molecule has 2 heterocycles. The lowest BCUT2D eigenvalue weighted by molar-refractivity contribution is -0.114. The van der Waals surface area contributed by atoms with Crippen LogP contribution in [0.15, 0.2) is 93.2 Å². The fourth-order valence-corrected chi connectivity index (χ4v) is 4.97. The van der Waals surface area contributed by atoms with Crippen LogP contribution in [0.3, 0.4) is 0 Å². The summed E-state index contributed by atoms with van der Waals surface area (Å²) < 4.78 is 16.3. The van der Waals surface area contributed by atoms with Crippen LogP contribution in [0.1, 0.15) is 25.5 Å². The van der Waals surface area contributed by atoms with Crippen molar-refractivity contribution in [1.82, 2.24) is 5.32 Å². The SMILES string of the molecule is CCOc1ccc(NC(=O)CSC2=C(C#N)[C@@H](c3ccco3)C(C(=O)Nc3ccc(OC)cc3)=C(C)N2)cc1. The molecule has 9 nitrogen and oxygen atoms in total. The van der Waals surface area contributed by atoms with Gasteiger partial charge in [0.1, 0.15) is 17.3 Å². The molecule has 3 aromatic rings. The van der Waals surface area contributed by atoms with Gasteiger partial charge in [-0.1, -0.05) is 11.8 Å². The molecule has 0 aliphatic carbocycles. The maximum absolute atomic E-state index is 13.4. The number of benzene rings is 2. The molecule has 1 aromatic heterocycles. The van der Waals surface area contributed by atoms with Crippen molar-refractivity contribution >= 4 is 35.0 Å². The Hall–Kier alpha value is -4.62. The van der Waals surface area contributed by atoms with Crippen molar-refractivity contribution in [2.45, 2.75) is 19.8 Å². The smallest absolute Gasteiger partial charge is 0.254 e. The number of carbonyl (C=O) groups excluding carboxylic acids is 2. The number of ether oxygens (including phenoxy) is 2. The summed E-state index contributed by atoms with van der Waals surface area (Å²) in [6.07, 6.45) is 1.50. The number of nitriles is 1. The third-order valence-electron chi connectivity index (χ3n) is 5.86. The van der Waals surface area contributed by atoms with Gasteiger partial charge in [0.05, 0.1) is 53.9 Å². The molecule has 0 spiro atoms. The first-order valence-electron chi connectivity index (χ1n) is 12.2. The van der Waals surface area contributed by atoms with Gasteiger partial charge in [-0.2, -0.15) is 5.26 Å². The summed E-state index contributed by atoms with van der Waals surface area (Å²) in [7, 11) is 1.57. The molecule has 0 bridgehead atoms. The van der Waals surface area contributed by atoms with E-state index in [0.29, 0.717) is 45.8 Å². The fraction of sp³-hybridized carbons (Fsp3) is 0.207. The van der Waals surface area contributed by atoms with E-state index in [-0.39, 0.29) is 23.1 Å². The third kappa shape index (κ3) is 6.64. The summed E-state index contributed by atoms with van der Waals surface area (Å²) in [5.41, 5.74) is 2.40. The number of carbonyl (C=O) groups is 2. The molecule has 0 saturated carbocycles. The molecule has 1 aliphatic rings. The quantitative estimate of drug-likeness (QED) is 0.310. The summed E-state index contributed by atoms with van der Waals surface area (Å²) in [5, 5.41) is 19.5. The molecule has 3 N–H and O–H groups in total. The minimum atomic E-state index is -0.749. The standard InChI is InChI=1S/C29H28N4O5S/c1-4-37-22-13-9-19(10-14-22)32-25(34)17-39-29-23(16-30)27(24-6-5-15-38-24)26(18(2)31-29)28(35)33-20-7-11-21(36-3)12-8-20/h5-15,27,31H,4,17H2,1-3H3,(H,32,34)(H,33,35)/t27-/m0/s1. The second-order valence-corrected chi connectivity index (χ2v) is 9.43. The van der Waals surface area contributed by atoms with E-state index in [2.05, 4.69) is 22.0 Å². The van der Waals surface area contributed by atoms with E-state index in [4.69, 9.17) is 13.9 Å². The monoisotopic (exact) mass is 544 g/mol. The number of nitrogens with one attached hydrogen (secondary N) is 3. The summed E-state index contributed by atoms with van der Waals surface area (Å²) >= 11 is 1.18. The summed E-state index contributed by atoms with van der Waals surface area (Å²) in [4.78, 5) is 26.1. The Balaban J connectivity index is 1.52. The fourth-order valence-electron chi connectivity index (χ4n) is 4.08. The highest BCUT2D eigenvalue weighted by Crippen LogP contribution is 2.41. The van der Waals surface area contributed by atoms with Gasteiger partial charge in [-0.3, -0.25) is 9.59 Å². The van der Waals surface area contributed by atoms with Gasteiger partial charge in [0.2, 0.25) is 5.91 Å². The zero-order valence-electron chi connectivity index (χ0n) is 21.7. The number of rotatable bonds is 10. The van der Waals surface area contributed by atoms with Crippen LogP contribution >= 0.6 is 11.8 Å². The third-order valence-corrected chi connectivity index (χ3v) is 6.88. The Morgan fingerprint density at radius 2 is 1.72 bits per heavy atom. The number of amides is 2. The summed E-state index contributed by atoms with van der Waals surface area (Å²) in [5.74, 6) is 0.515. The van der Waals surface area contributed by atoms with E-state index in [1.807, 2.05) is 6.92 Å². The Labute approximate surface area is 230 Å². The summed E-state index contributed by atoms with van der Waals surface area (Å²) in [6, 6.07) is 19.7. The van der Waals surface area contributed by atoms with Crippen LogP contribution in [0.5, 0.6) is 11.5 Å². The zero-order valence-corrected chi connectivity index (χ0v) is 22.6. The molecule has 2 aromatic carbocycles. The first-order chi connectivity index (χ1) is 18.9. The van der Waals surface area contributed by atoms with Gasteiger partial charge < -0.3 is 29.8 Å². The van der Waals surface area contributed by atoms with Crippen LogP contribution in [0.4, 0.5) is 11.4 Å². The lowest BCUT2D eigenvalue weighted by Crippen LogP contribution is -2.31. The molecule has 200 valence electrons. The van der Waals surface area contributed by atoms with E-state index in [1.54, 1.807) is 74.7 Å². The summed E-state index contributed by atoms with van der Waals surface area (Å²) in [6.45, 7) is 4.22. The van der Waals surface area contributed by atoms with Crippen LogP contribution < -0.4 is 25.4 Å². The number of hydrogen-bond donors (Lipinski definition) is 3. The number of furan rings is 1. The molecule has 0 fully saturated rings. The lowest BCUT2D eigenvalue weighted by Gasteiger charge is -2.28. The second kappa shape index (κ2) is 12.8. The number of hydrogen-bond acceptors (Lipinski definition) is 8. The van der Waals surface area contributed by atoms with Crippen molar-refractivity contribution in [2.24, 2.45) is 0 Å². The molecule has 1 atom stereocenters. The van der Waals surface area contributed by atoms with Crippen LogP contribution in [-0.4, -0.2) is 31.3 Å². The lowest BCUT2D eigenvalue weighted by atomic mass is 9.85. The molecule has 10 heteroatoms. The van der Waals surface area contributed by atoms with Crippen molar-refractivity contribution in [3.63, 3.8) is 0 Å². The Bertz CT molecular complexity index is 1420. The highest BCUT2D eigenvalue weighted by atomic mass is 32.2. The van der Waals surface area contributed by atoms with Gasteiger partial charge in [0, 0.05) is 17.1 Å². The minimum absolute atomic E-state index is 0.0479. The molecule has 2 amide bonds. The normalized spacial score (nSPS) is 14.8. The molecule has 39 heavy (non-hydrogen) atoms. The van der Waals surface area contributed by atoms with Gasteiger partial charge in [-0.05, 0) is 74.5 Å². The maximum Gasteiger partial charge on any atom is 0.254 e. The second-order valence-electron chi connectivity index (χ2n) is 8.44. The highest BCUT2D eigenvalue weighted by molar-refractivity contribution is 8.03. The van der Waals surface area contributed by atoms with Gasteiger partial charge in [-0.25, -0.2) is 0 Å². The van der Waals surface area contributed by atoms with Crippen LogP contribution in [0, 0.1) is 11.3 Å². The first-order valence-corrected chi connectivity index (χ1v) is 13.2. The predicted molar refractivity (Wildman–Crippen MR) is 150 cm³/mol. The Kier molecular flexibility index (Phi) is 8.97. The van der Waals surface area contributed by atoms with Crippen molar-refractivity contribution in [3.05, 3.63) is 94.6 Å². The van der Waals surface area contributed by atoms with E-state index in [1.165, 1.54) is 18.0 Å². The molecule has 0 saturated heterocycles. The van der Waals surface area contributed by atoms with Gasteiger partial charge >= 0.3 is 0 Å². The van der Waals surface area contributed by atoms with E-state index >= 15 is 0 Å². The van der Waals surface area contributed by atoms with Crippen molar-refractivity contribution in [2.75, 3.05) is 30.1 Å². The molecule has 4 rings (SSSR count). The number of dihydropyridines is 1. The van der Waals surface area contributed by atoms with Crippen LogP contribution in [0.25, 0.3) is 0 Å². The number of anilines is 2. The molecular weight excluding hydrogens is 516 g/mol. The first kappa shape index (κ1) is 27.4. The zero-order chi connectivity index (χ0) is 27.8.